The van der Waals surface area contributed by atoms with E-state index in [0.717, 1.165) is 27.6 Å². The highest BCUT2D eigenvalue weighted by Crippen LogP contribution is 2.33. The number of aliphatic carboxylic acids is 1. The second kappa shape index (κ2) is 14.0. The van der Waals surface area contributed by atoms with Crippen LogP contribution in [0, 0.1) is 0 Å². The third kappa shape index (κ3) is 10.4. The molecule has 0 aliphatic carbocycles. The van der Waals surface area contributed by atoms with Crippen LogP contribution in [0.25, 0.3) is 22.1 Å². The van der Waals surface area contributed by atoms with Gasteiger partial charge in [0.1, 0.15) is 23.5 Å². The van der Waals surface area contributed by atoms with Crippen LogP contribution in [-0.2, 0) is 39.3 Å². The molecule has 0 unspecified atom stereocenters. The zero-order chi connectivity index (χ0) is 34.6. The predicted molar refractivity (Wildman–Crippen MR) is 181 cm³/mol. The van der Waals surface area contributed by atoms with Crippen molar-refractivity contribution in [2.24, 2.45) is 4.40 Å². The largest absolute Gasteiger partial charge is 0.489 e. The van der Waals surface area contributed by atoms with E-state index >= 15 is 0 Å². The molecule has 47 heavy (non-hydrogen) atoms. The summed E-state index contributed by atoms with van der Waals surface area (Å²) in [6.07, 6.45) is 0.809. The lowest BCUT2D eigenvalue weighted by Crippen LogP contribution is -2.39. The Kier molecular flexibility index (Phi) is 10.5. The van der Waals surface area contributed by atoms with E-state index in [0.29, 0.717) is 22.5 Å². The Morgan fingerprint density at radius 3 is 2.38 bits per heavy atom. The number of furan rings is 1. The molecule has 250 valence electrons. The molecule has 0 spiro atoms. The Morgan fingerprint density at radius 1 is 0.957 bits per heavy atom. The number of carboxylic acid groups (broad SMARTS) is 1. The van der Waals surface area contributed by atoms with Gasteiger partial charge in [-0.1, -0.05) is 30.3 Å². The Hall–Kier alpha value is -4.68. The molecule has 1 amide bonds. The number of hydrogen-bond donors (Lipinski definition) is 3. The summed E-state index contributed by atoms with van der Waals surface area (Å²) in [6.45, 7) is 12.5. The van der Waals surface area contributed by atoms with Crippen molar-refractivity contribution in [2.75, 3.05) is 0 Å². The number of carboxylic acids is 1. The van der Waals surface area contributed by atoms with Crippen LogP contribution >= 0.6 is 0 Å². The molecule has 3 aromatic carbocycles. The summed E-state index contributed by atoms with van der Waals surface area (Å²) in [4.78, 5) is 23.8. The highest BCUT2D eigenvalue weighted by molar-refractivity contribution is 7.88. The minimum atomic E-state index is -3.98. The highest BCUT2D eigenvalue weighted by Gasteiger charge is 2.20. The second-order valence-electron chi connectivity index (χ2n) is 13.2. The van der Waals surface area contributed by atoms with E-state index in [4.69, 9.17) is 13.9 Å². The number of nitrogens with zero attached hydrogens (tertiary/aromatic N) is 1. The van der Waals surface area contributed by atoms with E-state index in [1.54, 1.807) is 72.9 Å². The van der Waals surface area contributed by atoms with Crippen LogP contribution in [0.3, 0.4) is 0 Å². The fraction of sp³-hybridized carbons (Fsp3) is 0.343. The number of hydrogen-bond acceptors (Lipinski definition) is 7. The maximum absolute atomic E-state index is 12.6. The number of amides is 1. The first-order chi connectivity index (χ1) is 21.9. The molecule has 0 saturated heterocycles. The van der Waals surface area contributed by atoms with E-state index in [1.807, 2.05) is 42.5 Å². The molecule has 12 heteroatoms. The SMILES string of the molecule is C/C(=N/S(=O)(=O)NC(C)(C)C)c1ccc(CC(=O)O)c(OCc2cc(-c3cccc(CNC(=O)OC(C)(C)C)c3)c3occc3c2)c1. The maximum atomic E-state index is 12.6. The number of benzene rings is 3. The summed E-state index contributed by atoms with van der Waals surface area (Å²) in [7, 11) is -3.98. The van der Waals surface area contributed by atoms with Crippen molar-refractivity contribution in [3.8, 4) is 16.9 Å². The molecule has 0 aliphatic rings. The van der Waals surface area contributed by atoms with Crippen LogP contribution < -0.4 is 14.8 Å². The molecule has 0 bridgehead atoms. The average Bonchev–Trinajstić information content (AvgIpc) is 3.41. The Bertz CT molecular complexity index is 1910. The van der Waals surface area contributed by atoms with E-state index in [-0.39, 0.29) is 25.3 Å². The molecule has 11 nitrogen and oxygen atoms in total. The number of ether oxygens (including phenoxy) is 2. The second-order valence-corrected chi connectivity index (χ2v) is 14.6. The highest BCUT2D eigenvalue weighted by atomic mass is 32.2. The van der Waals surface area contributed by atoms with Crippen molar-refractivity contribution >= 4 is 39.0 Å². The molecule has 4 aromatic rings. The van der Waals surface area contributed by atoms with Gasteiger partial charge in [-0.15, -0.1) is 0 Å². The summed E-state index contributed by atoms with van der Waals surface area (Å²) in [5, 5.41) is 13.1. The zero-order valence-corrected chi connectivity index (χ0v) is 28.4. The van der Waals surface area contributed by atoms with E-state index in [2.05, 4.69) is 14.4 Å². The third-order valence-corrected chi connectivity index (χ3v) is 7.98. The van der Waals surface area contributed by atoms with Gasteiger partial charge in [-0.05, 0) is 95.5 Å². The number of alkyl carbamates (subject to hydrolysis) is 1. The van der Waals surface area contributed by atoms with Crippen molar-refractivity contribution in [1.82, 2.24) is 10.0 Å². The number of carbonyl (C=O) groups excluding carboxylic acids is 1. The summed E-state index contributed by atoms with van der Waals surface area (Å²) in [6, 6.07) is 18.2. The van der Waals surface area contributed by atoms with E-state index in [9.17, 15) is 23.1 Å². The van der Waals surface area contributed by atoms with Gasteiger partial charge >= 0.3 is 22.3 Å². The van der Waals surface area contributed by atoms with Gasteiger partial charge in [-0.3, -0.25) is 4.79 Å². The predicted octanol–water partition coefficient (Wildman–Crippen LogP) is 6.77. The molecule has 0 aliphatic heterocycles. The van der Waals surface area contributed by atoms with Crippen molar-refractivity contribution in [3.05, 3.63) is 89.2 Å². The first-order valence-corrected chi connectivity index (χ1v) is 16.5. The summed E-state index contributed by atoms with van der Waals surface area (Å²) < 4.78 is 48.9. The van der Waals surface area contributed by atoms with Gasteiger partial charge in [0.2, 0.25) is 0 Å². The fourth-order valence-corrected chi connectivity index (χ4v) is 6.09. The molecule has 1 heterocycles. The van der Waals surface area contributed by atoms with Crippen molar-refractivity contribution in [3.63, 3.8) is 0 Å². The van der Waals surface area contributed by atoms with Crippen LogP contribution in [0.4, 0.5) is 4.79 Å². The quantitative estimate of drug-likeness (QED) is 0.148. The van der Waals surface area contributed by atoms with Gasteiger partial charge in [0.05, 0.1) is 18.4 Å². The first kappa shape index (κ1) is 35.2. The molecule has 0 radical (unpaired) electrons. The molecular weight excluding hydrogens is 622 g/mol. The zero-order valence-electron chi connectivity index (χ0n) is 27.6. The van der Waals surface area contributed by atoms with E-state index < -0.39 is 33.4 Å². The van der Waals surface area contributed by atoms with Crippen molar-refractivity contribution in [1.29, 1.82) is 0 Å². The monoisotopic (exact) mass is 663 g/mol. The maximum Gasteiger partial charge on any atom is 0.407 e. The molecule has 0 atom stereocenters. The Morgan fingerprint density at radius 2 is 1.70 bits per heavy atom. The van der Waals surface area contributed by atoms with Crippen LogP contribution in [0.15, 0.2) is 75.7 Å². The Balaban J connectivity index is 1.62. The average molecular weight is 664 g/mol. The lowest BCUT2D eigenvalue weighted by molar-refractivity contribution is -0.136. The Labute approximate surface area is 275 Å². The van der Waals surface area contributed by atoms with Gasteiger partial charge in [-0.2, -0.15) is 17.5 Å². The van der Waals surface area contributed by atoms with Gasteiger partial charge in [0.25, 0.3) is 0 Å². The molecule has 1 aromatic heterocycles. The van der Waals surface area contributed by atoms with Gasteiger partial charge in [-0.25, -0.2) is 4.79 Å². The number of fused-ring (bicyclic) bond motifs is 1. The fourth-order valence-electron chi connectivity index (χ4n) is 4.81. The van der Waals surface area contributed by atoms with Gasteiger partial charge < -0.3 is 24.3 Å². The number of carbonyl (C=O) groups is 2. The van der Waals surface area contributed by atoms with Crippen LogP contribution in [0.2, 0.25) is 0 Å². The molecule has 4 rings (SSSR count). The van der Waals surface area contributed by atoms with Crippen molar-refractivity contribution in [2.45, 2.75) is 79.2 Å². The molecule has 0 fully saturated rings. The van der Waals surface area contributed by atoms with Crippen LogP contribution in [0.1, 0.15) is 70.7 Å². The van der Waals surface area contributed by atoms with Gasteiger partial charge in [0.15, 0.2) is 0 Å². The smallest absolute Gasteiger partial charge is 0.407 e. The summed E-state index contributed by atoms with van der Waals surface area (Å²) >= 11 is 0. The molecule has 3 N–H and O–H groups in total. The number of nitrogens with one attached hydrogen (secondary N) is 2. The normalized spacial score (nSPS) is 12.6. The van der Waals surface area contributed by atoms with Gasteiger partial charge in [0, 0.05) is 34.2 Å². The van der Waals surface area contributed by atoms with Crippen molar-refractivity contribution < 1.29 is 37.0 Å². The third-order valence-electron chi connectivity index (χ3n) is 6.60. The first-order valence-electron chi connectivity index (χ1n) is 15.0. The minimum Gasteiger partial charge on any atom is -0.489 e. The molecule has 0 saturated carbocycles. The minimum absolute atomic E-state index is 0.0875. The van der Waals surface area contributed by atoms with Crippen LogP contribution in [0.5, 0.6) is 5.75 Å². The lowest BCUT2D eigenvalue weighted by atomic mass is 9.99. The van der Waals surface area contributed by atoms with Crippen LogP contribution in [-0.4, -0.2) is 42.4 Å². The summed E-state index contributed by atoms with van der Waals surface area (Å²) in [5.41, 5.74) is 3.80. The standard InChI is InChI=1S/C35H41N3O8S/c1-22(37-47(42,43)38-34(2,3)4)25-11-12-27(19-31(39)40)30(18-25)45-21-24-16-28-13-14-44-32(28)29(17-24)26-10-8-9-23(15-26)20-36-33(41)46-35(5,6)7/h8-18,38H,19-21H2,1-7H3,(H,36,41)(H,39,40)/b37-22-. The molecular formula is C35H41N3O8S. The number of rotatable bonds is 11. The van der Waals surface area contributed by atoms with E-state index in [1.165, 1.54) is 0 Å². The lowest BCUT2D eigenvalue weighted by Gasteiger charge is -2.19. The topological polar surface area (TPSA) is 157 Å². The summed E-state index contributed by atoms with van der Waals surface area (Å²) in [5.74, 6) is -0.738.